The Bertz CT molecular complexity index is 369. The summed E-state index contributed by atoms with van der Waals surface area (Å²) in [6, 6.07) is 7.86. The molecule has 0 aliphatic rings. The summed E-state index contributed by atoms with van der Waals surface area (Å²) in [7, 11) is 5.22. The lowest BCUT2D eigenvalue weighted by Crippen LogP contribution is -2.36. The van der Waals surface area contributed by atoms with Gasteiger partial charge in [0.15, 0.2) is 5.96 Å². The molecule has 1 aromatic rings. The molecule has 0 saturated heterocycles. The molecule has 0 saturated carbocycles. The van der Waals surface area contributed by atoms with Crippen LogP contribution in [0.3, 0.4) is 0 Å². The Morgan fingerprint density at radius 2 is 1.95 bits per heavy atom. The summed E-state index contributed by atoms with van der Waals surface area (Å²) >= 11 is 0. The quantitative estimate of drug-likeness (QED) is 0.342. The first kappa shape index (κ1) is 18.0. The number of guanidine groups is 1. The van der Waals surface area contributed by atoms with Crippen LogP contribution in [0, 0.1) is 0 Å². The Hall–Kier alpha value is -1.02. The number of nitrogens with one attached hydrogen (secondary N) is 2. The van der Waals surface area contributed by atoms with E-state index < -0.39 is 0 Å². The van der Waals surface area contributed by atoms with Crippen molar-refractivity contribution in [2.24, 2.45) is 4.99 Å². The number of ether oxygens (including phenoxy) is 2. The number of rotatable bonds is 6. The molecule has 108 valence electrons. The van der Waals surface area contributed by atoms with Gasteiger partial charge in [-0.2, -0.15) is 0 Å². The van der Waals surface area contributed by atoms with Crippen LogP contribution >= 0.6 is 24.0 Å². The minimum atomic E-state index is 0. The fourth-order valence-corrected chi connectivity index (χ4v) is 1.43. The normalized spacial score (nSPS) is 10.6. The van der Waals surface area contributed by atoms with E-state index in [4.69, 9.17) is 9.47 Å². The van der Waals surface area contributed by atoms with Crippen LogP contribution in [0.15, 0.2) is 29.3 Å². The summed E-state index contributed by atoms with van der Waals surface area (Å²) in [5.41, 5.74) is 1.13. The molecule has 0 spiro atoms. The van der Waals surface area contributed by atoms with E-state index in [1.807, 2.05) is 31.3 Å². The molecule has 19 heavy (non-hydrogen) atoms. The van der Waals surface area contributed by atoms with Gasteiger partial charge in [0, 0.05) is 20.6 Å². The highest BCUT2D eigenvalue weighted by Crippen LogP contribution is 2.11. The molecule has 0 radical (unpaired) electrons. The predicted octanol–water partition coefficient (Wildman–Crippen LogP) is 1.62. The second-order valence-corrected chi connectivity index (χ2v) is 3.65. The molecule has 6 heteroatoms. The lowest BCUT2D eigenvalue weighted by Gasteiger charge is -2.09. The summed E-state index contributed by atoms with van der Waals surface area (Å²) in [6.07, 6.45) is 0. The topological polar surface area (TPSA) is 54.9 Å². The zero-order valence-electron chi connectivity index (χ0n) is 11.6. The highest BCUT2D eigenvalue weighted by atomic mass is 127. The summed E-state index contributed by atoms with van der Waals surface area (Å²) in [4.78, 5) is 4.01. The zero-order chi connectivity index (χ0) is 13.2. The van der Waals surface area contributed by atoms with Gasteiger partial charge < -0.3 is 20.1 Å². The van der Waals surface area contributed by atoms with Gasteiger partial charge in [-0.15, -0.1) is 24.0 Å². The lowest BCUT2D eigenvalue weighted by atomic mass is 10.2. The third-order valence-electron chi connectivity index (χ3n) is 2.43. The fourth-order valence-electron chi connectivity index (χ4n) is 1.43. The molecule has 0 fully saturated rings. The van der Waals surface area contributed by atoms with E-state index in [-0.39, 0.29) is 24.0 Å². The average Bonchev–Trinajstić information content (AvgIpc) is 2.43. The van der Waals surface area contributed by atoms with Gasteiger partial charge in [-0.25, -0.2) is 0 Å². The summed E-state index contributed by atoms with van der Waals surface area (Å²) in [5, 5.41) is 6.06. The van der Waals surface area contributed by atoms with Crippen molar-refractivity contribution in [1.82, 2.24) is 10.6 Å². The predicted molar refractivity (Wildman–Crippen MR) is 88.5 cm³/mol. The molecule has 0 heterocycles. The number of benzene rings is 1. The van der Waals surface area contributed by atoms with Crippen LogP contribution in [0.4, 0.5) is 0 Å². The van der Waals surface area contributed by atoms with Crippen LogP contribution in [0.2, 0.25) is 0 Å². The molecule has 0 atom stereocenters. The maximum Gasteiger partial charge on any atom is 0.190 e. The molecule has 2 N–H and O–H groups in total. The number of hydrogen-bond acceptors (Lipinski definition) is 3. The first-order valence-corrected chi connectivity index (χ1v) is 5.89. The smallest absolute Gasteiger partial charge is 0.190 e. The van der Waals surface area contributed by atoms with Gasteiger partial charge in [0.2, 0.25) is 0 Å². The molecule has 5 nitrogen and oxygen atoms in total. The molecule has 0 aromatic heterocycles. The maximum atomic E-state index is 5.55. The van der Waals surface area contributed by atoms with E-state index >= 15 is 0 Å². The maximum absolute atomic E-state index is 5.55. The number of methoxy groups -OCH3 is 1. The minimum absolute atomic E-state index is 0. The SMILES string of the molecule is CN=C(NC)NCCOCc1ccc(OC)cc1.I. The first-order valence-electron chi connectivity index (χ1n) is 5.89. The van der Waals surface area contributed by atoms with E-state index in [0.29, 0.717) is 13.2 Å². The van der Waals surface area contributed by atoms with Crippen LogP contribution in [0.1, 0.15) is 5.56 Å². The molecule has 0 bridgehead atoms. The van der Waals surface area contributed by atoms with E-state index in [9.17, 15) is 0 Å². The summed E-state index contributed by atoms with van der Waals surface area (Å²) < 4.78 is 10.6. The number of halogens is 1. The number of nitrogens with zero attached hydrogens (tertiary/aromatic N) is 1. The Balaban J connectivity index is 0.00000324. The molecular weight excluding hydrogens is 357 g/mol. The molecule has 0 amide bonds. The second kappa shape index (κ2) is 10.9. The van der Waals surface area contributed by atoms with Gasteiger partial charge in [-0.05, 0) is 17.7 Å². The molecule has 1 aromatic carbocycles. The van der Waals surface area contributed by atoms with Crippen LogP contribution < -0.4 is 15.4 Å². The van der Waals surface area contributed by atoms with Gasteiger partial charge in [-0.1, -0.05) is 12.1 Å². The second-order valence-electron chi connectivity index (χ2n) is 3.65. The van der Waals surface area contributed by atoms with E-state index in [0.717, 1.165) is 23.8 Å². The lowest BCUT2D eigenvalue weighted by molar-refractivity contribution is 0.125. The fraction of sp³-hybridized carbons (Fsp3) is 0.462. The van der Waals surface area contributed by atoms with Crippen molar-refractivity contribution in [3.05, 3.63) is 29.8 Å². The molecular formula is C13H22IN3O2. The third-order valence-corrected chi connectivity index (χ3v) is 2.43. The Morgan fingerprint density at radius 3 is 2.47 bits per heavy atom. The first-order chi connectivity index (χ1) is 8.80. The van der Waals surface area contributed by atoms with Crippen LogP contribution in [0.5, 0.6) is 5.75 Å². The third kappa shape index (κ3) is 7.22. The van der Waals surface area contributed by atoms with Crippen molar-refractivity contribution < 1.29 is 9.47 Å². The minimum Gasteiger partial charge on any atom is -0.497 e. The standard InChI is InChI=1S/C13H21N3O2.HI/c1-14-13(15-2)16-8-9-18-10-11-4-6-12(17-3)7-5-11;/h4-7H,8-10H2,1-3H3,(H2,14,15,16);1H. The largest absolute Gasteiger partial charge is 0.497 e. The van der Waals surface area contributed by atoms with Crippen molar-refractivity contribution >= 4 is 29.9 Å². The van der Waals surface area contributed by atoms with Crippen molar-refractivity contribution in [1.29, 1.82) is 0 Å². The van der Waals surface area contributed by atoms with Crippen molar-refractivity contribution in [2.75, 3.05) is 34.4 Å². The van der Waals surface area contributed by atoms with Crippen molar-refractivity contribution in [3.8, 4) is 5.75 Å². The number of hydrogen-bond donors (Lipinski definition) is 2. The zero-order valence-corrected chi connectivity index (χ0v) is 13.9. The van der Waals surface area contributed by atoms with Gasteiger partial charge in [0.25, 0.3) is 0 Å². The van der Waals surface area contributed by atoms with Crippen LogP contribution in [0.25, 0.3) is 0 Å². The monoisotopic (exact) mass is 379 g/mol. The molecule has 0 unspecified atom stereocenters. The van der Waals surface area contributed by atoms with Gasteiger partial charge >= 0.3 is 0 Å². The average molecular weight is 379 g/mol. The van der Waals surface area contributed by atoms with Crippen LogP contribution in [-0.4, -0.2) is 40.3 Å². The molecule has 0 aliphatic heterocycles. The molecule has 0 aliphatic carbocycles. The summed E-state index contributed by atoms with van der Waals surface area (Å²) in [6.45, 7) is 1.96. The Morgan fingerprint density at radius 1 is 1.26 bits per heavy atom. The highest BCUT2D eigenvalue weighted by Gasteiger charge is 1.96. The van der Waals surface area contributed by atoms with Crippen molar-refractivity contribution in [3.63, 3.8) is 0 Å². The van der Waals surface area contributed by atoms with Gasteiger partial charge in [-0.3, -0.25) is 4.99 Å². The Labute approximate surface area is 131 Å². The van der Waals surface area contributed by atoms with E-state index in [1.165, 1.54) is 0 Å². The van der Waals surface area contributed by atoms with Crippen LogP contribution in [-0.2, 0) is 11.3 Å². The van der Waals surface area contributed by atoms with Gasteiger partial charge in [0.05, 0.1) is 20.3 Å². The molecule has 1 rings (SSSR count). The van der Waals surface area contributed by atoms with E-state index in [1.54, 1.807) is 14.2 Å². The number of aliphatic imine (C=N–C) groups is 1. The Kier molecular flexibility index (Phi) is 10.3. The van der Waals surface area contributed by atoms with Crippen molar-refractivity contribution in [2.45, 2.75) is 6.61 Å². The summed E-state index contributed by atoms with van der Waals surface area (Å²) in [5.74, 6) is 1.63. The highest BCUT2D eigenvalue weighted by molar-refractivity contribution is 14.0. The van der Waals surface area contributed by atoms with Gasteiger partial charge in [0.1, 0.15) is 5.75 Å². The van der Waals surface area contributed by atoms with E-state index in [2.05, 4.69) is 15.6 Å².